The van der Waals surface area contributed by atoms with Crippen molar-refractivity contribution in [2.75, 3.05) is 44.7 Å². The number of piperazine rings is 1. The Morgan fingerprint density at radius 3 is 2.54 bits per heavy atom. The normalized spacial score (nSPS) is 23.4. The average molecular weight is 334 g/mol. The standard InChI is InChI=1S/C18H27FN4O/c1-14-13-22(17-6-4-3-5-16(17)19)11-12-23(14)18(24)20-15-7-9-21(2)10-8-15/h3-6,14-15H,7-13H2,1-2H3,(H,20,24)/t14-/m0/s1. The van der Waals surface area contributed by atoms with E-state index in [9.17, 15) is 9.18 Å². The molecular formula is C18H27FN4O. The molecule has 2 aliphatic heterocycles. The number of carbonyl (C=O) groups is 1. The van der Waals surface area contributed by atoms with Gasteiger partial charge in [0.25, 0.3) is 0 Å². The number of anilines is 1. The molecule has 2 saturated heterocycles. The zero-order valence-electron chi connectivity index (χ0n) is 14.5. The molecule has 0 spiro atoms. The number of hydrogen-bond donors (Lipinski definition) is 1. The van der Waals surface area contributed by atoms with Crippen molar-refractivity contribution >= 4 is 11.7 Å². The van der Waals surface area contributed by atoms with E-state index in [4.69, 9.17) is 0 Å². The van der Waals surface area contributed by atoms with Gasteiger partial charge in [-0.25, -0.2) is 9.18 Å². The molecule has 132 valence electrons. The monoisotopic (exact) mass is 334 g/mol. The molecule has 1 aromatic rings. The van der Waals surface area contributed by atoms with Crippen molar-refractivity contribution in [3.8, 4) is 0 Å². The highest BCUT2D eigenvalue weighted by Gasteiger charge is 2.30. The number of piperidine rings is 1. The van der Waals surface area contributed by atoms with Crippen molar-refractivity contribution < 1.29 is 9.18 Å². The number of benzene rings is 1. The van der Waals surface area contributed by atoms with Crippen LogP contribution in [-0.2, 0) is 0 Å². The highest BCUT2D eigenvalue weighted by atomic mass is 19.1. The van der Waals surface area contributed by atoms with E-state index in [2.05, 4.69) is 17.3 Å². The number of nitrogens with one attached hydrogen (secondary N) is 1. The summed E-state index contributed by atoms with van der Waals surface area (Å²) in [6, 6.07) is 7.19. The fourth-order valence-corrected chi connectivity index (χ4v) is 3.60. The van der Waals surface area contributed by atoms with Crippen molar-refractivity contribution in [1.29, 1.82) is 0 Å². The quantitative estimate of drug-likeness (QED) is 0.901. The Morgan fingerprint density at radius 1 is 1.17 bits per heavy atom. The van der Waals surface area contributed by atoms with Crippen LogP contribution in [0.3, 0.4) is 0 Å². The number of amides is 2. The minimum atomic E-state index is -0.200. The second kappa shape index (κ2) is 7.38. The summed E-state index contributed by atoms with van der Waals surface area (Å²) < 4.78 is 14.0. The molecule has 3 rings (SSSR count). The van der Waals surface area contributed by atoms with Gasteiger partial charge < -0.3 is 20.0 Å². The highest BCUT2D eigenvalue weighted by Crippen LogP contribution is 2.22. The Morgan fingerprint density at radius 2 is 1.88 bits per heavy atom. The molecule has 2 fully saturated rings. The van der Waals surface area contributed by atoms with Gasteiger partial charge in [0, 0.05) is 31.7 Å². The first-order valence-electron chi connectivity index (χ1n) is 8.79. The first-order valence-corrected chi connectivity index (χ1v) is 8.79. The Hall–Kier alpha value is -1.82. The van der Waals surface area contributed by atoms with E-state index >= 15 is 0 Å². The van der Waals surface area contributed by atoms with Crippen LogP contribution in [0.2, 0.25) is 0 Å². The summed E-state index contributed by atoms with van der Waals surface area (Å²) >= 11 is 0. The molecule has 1 aromatic carbocycles. The Bertz CT molecular complexity index is 574. The van der Waals surface area contributed by atoms with Crippen LogP contribution in [0.4, 0.5) is 14.9 Å². The second-order valence-electron chi connectivity index (χ2n) is 6.97. The molecular weight excluding hydrogens is 307 g/mol. The third-order valence-corrected chi connectivity index (χ3v) is 5.13. The number of carbonyl (C=O) groups excluding carboxylic acids is 1. The van der Waals surface area contributed by atoms with E-state index in [0.29, 0.717) is 25.3 Å². The predicted molar refractivity (Wildman–Crippen MR) is 93.8 cm³/mol. The maximum absolute atomic E-state index is 14.0. The maximum Gasteiger partial charge on any atom is 0.317 e. The zero-order valence-corrected chi connectivity index (χ0v) is 14.5. The molecule has 0 aromatic heterocycles. The van der Waals surface area contributed by atoms with Gasteiger partial charge in [-0.1, -0.05) is 12.1 Å². The van der Waals surface area contributed by atoms with Gasteiger partial charge in [-0.2, -0.15) is 0 Å². The van der Waals surface area contributed by atoms with E-state index in [0.717, 1.165) is 25.9 Å². The molecule has 0 radical (unpaired) electrons. The smallest absolute Gasteiger partial charge is 0.317 e. The molecule has 0 bridgehead atoms. The summed E-state index contributed by atoms with van der Waals surface area (Å²) in [4.78, 5) is 18.8. The van der Waals surface area contributed by atoms with Crippen LogP contribution in [0.15, 0.2) is 24.3 Å². The fourth-order valence-electron chi connectivity index (χ4n) is 3.60. The van der Waals surface area contributed by atoms with Gasteiger partial charge in [0.05, 0.1) is 5.69 Å². The predicted octanol–water partition coefficient (Wildman–Crippen LogP) is 2.14. The van der Waals surface area contributed by atoms with Crippen LogP contribution in [0.5, 0.6) is 0 Å². The van der Waals surface area contributed by atoms with Crippen LogP contribution >= 0.6 is 0 Å². The topological polar surface area (TPSA) is 38.8 Å². The summed E-state index contributed by atoms with van der Waals surface area (Å²) in [5, 5.41) is 3.17. The molecule has 0 unspecified atom stereocenters. The molecule has 1 N–H and O–H groups in total. The van der Waals surface area contributed by atoms with E-state index in [-0.39, 0.29) is 23.9 Å². The molecule has 24 heavy (non-hydrogen) atoms. The van der Waals surface area contributed by atoms with Crippen molar-refractivity contribution in [2.24, 2.45) is 0 Å². The lowest BCUT2D eigenvalue weighted by Gasteiger charge is -2.42. The molecule has 0 saturated carbocycles. The minimum absolute atomic E-state index is 0.0187. The van der Waals surface area contributed by atoms with E-state index < -0.39 is 0 Å². The summed E-state index contributed by atoms with van der Waals surface area (Å²) in [6.07, 6.45) is 2.01. The van der Waals surface area contributed by atoms with Crippen LogP contribution in [0.25, 0.3) is 0 Å². The van der Waals surface area contributed by atoms with Gasteiger partial charge in [0.1, 0.15) is 5.82 Å². The van der Waals surface area contributed by atoms with Crippen LogP contribution in [0.1, 0.15) is 19.8 Å². The largest absolute Gasteiger partial charge is 0.365 e. The van der Waals surface area contributed by atoms with Crippen molar-refractivity contribution in [3.63, 3.8) is 0 Å². The van der Waals surface area contributed by atoms with Gasteiger partial charge in [-0.15, -0.1) is 0 Å². The molecule has 2 aliphatic rings. The first-order chi connectivity index (χ1) is 11.5. The maximum atomic E-state index is 14.0. The number of likely N-dealkylation sites (tertiary alicyclic amines) is 1. The zero-order chi connectivity index (χ0) is 17.1. The number of rotatable bonds is 2. The highest BCUT2D eigenvalue weighted by molar-refractivity contribution is 5.75. The number of para-hydroxylation sites is 1. The van der Waals surface area contributed by atoms with Crippen molar-refractivity contribution in [1.82, 2.24) is 15.1 Å². The van der Waals surface area contributed by atoms with Gasteiger partial charge in [0.15, 0.2) is 0 Å². The van der Waals surface area contributed by atoms with Crippen LogP contribution in [-0.4, -0.2) is 67.7 Å². The van der Waals surface area contributed by atoms with Crippen molar-refractivity contribution in [3.05, 3.63) is 30.1 Å². The van der Waals surface area contributed by atoms with E-state index in [1.807, 2.05) is 22.8 Å². The van der Waals surface area contributed by atoms with Crippen molar-refractivity contribution in [2.45, 2.75) is 31.8 Å². The SMILES string of the molecule is C[C@H]1CN(c2ccccc2F)CCN1C(=O)NC1CCN(C)CC1. The molecule has 0 aliphatic carbocycles. The Labute approximate surface area is 143 Å². The lowest BCUT2D eigenvalue weighted by molar-refractivity contribution is 0.159. The molecule has 2 amide bonds. The van der Waals surface area contributed by atoms with E-state index in [1.165, 1.54) is 6.07 Å². The first kappa shape index (κ1) is 17.0. The third kappa shape index (κ3) is 3.80. The number of hydrogen-bond acceptors (Lipinski definition) is 3. The molecule has 6 heteroatoms. The van der Waals surface area contributed by atoms with Gasteiger partial charge >= 0.3 is 6.03 Å². The van der Waals surface area contributed by atoms with E-state index in [1.54, 1.807) is 12.1 Å². The fraction of sp³-hybridized carbons (Fsp3) is 0.611. The number of nitrogens with zero attached hydrogens (tertiary/aromatic N) is 3. The third-order valence-electron chi connectivity index (χ3n) is 5.13. The van der Waals surface area contributed by atoms with Gasteiger partial charge in [0.2, 0.25) is 0 Å². The van der Waals surface area contributed by atoms with Crippen LogP contribution < -0.4 is 10.2 Å². The minimum Gasteiger partial charge on any atom is -0.365 e. The van der Waals surface area contributed by atoms with Gasteiger partial charge in [-0.05, 0) is 52.0 Å². The Balaban J connectivity index is 1.55. The molecule has 5 nitrogen and oxygen atoms in total. The molecule has 2 heterocycles. The summed E-state index contributed by atoms with van der Waals surface area (Å²) in [6.45, 7) is 6.02. The number of halogens is 1. The van der Waals surface area contributed by atoms with Crippen LogP contribution in [0, 0.1) is 5.82 Å². The average Bonchev–Trinajstić information content (AvgIpc) is 2.57. The lowest BCUT2D eigenvalue weighted by atomic mass is 10.1. The Kier molecular flexibility index (Phi) is 5.23. The lowest BCUT2D eigenvalue weighted by Crippen LogP contribution is -2.58. The molecule has 1 atom stereocenters. The number of urea groups is 1. The van der Waals surface area contributed by atoms with Gasteiger partial charge in [-0.3, -0.25) is 0 Å². The second-order valence-corrected chi connectivity index (χ2v) is 6.97. The summed E-state index contributed by atoms with van der Waals surface area (Å²) in [5.74, 6) is -0.200. The summed E-state index contributed by atoms with van der Waals surface area (Å²) in [7, 11) is 2.11. The summed E-state index contributed by atoms with van der Waals surface area (Å²) in [5.41, 5.74) is 0.625.